The summed E-state index contributed by atoms with van der Waals surface area (Å²) in [4.78, 5) is 4.16. The van der Waals surface area contributed by atoms with Crippen LogP contribution < -0.4 is 5.73 Å². The maximum atomic E-state index is 5.57. The number of aliphatic imine (C=N–C) groups is 1. The van der Waals surface area contributed by atoms with E-state index in [1.807, 2.05) is 35.1 Å². The van der Waals surface area contributed by atoms with E-state index in [2.05, 4.69) is 26.0 Å². The lowest BCUT2D eigenvalue weighted by Crippen LogP contribution is -2.12. The Hall–Kier alpha value is -1.33. The van der Waals surface area contributed by atoms with Gasteiger partial charge < -0.3 is 5.73 Å². The second kappa shape index (κ2) is 6.02. The van der Waals surface area contributed by atoms with E-state index in [4.69, 9.17) is 17.3 Å². The molecule has 6 heteroatoms. The molecular weight excluding hydrogens is 316 g/mol. The highest BCUT2D eigenvalue weighted by molar-refractivity contribution is 9.10. The number of aromatic nitrogens is 2. The number of halogens is 2. The zero-order chi connectivity index (χ0) is 13.0. The molecule has 4 nitrogen and oxygen atoms in total. The molecule has 18 heavy (non-hydrogen) atoms. The minimum absolute atomic E-state index is 0.239. The zero-order valence-corrected chi connectivity index (χ0v) is 11.9. The van der Waals surface area contributed by atoms with Gasteiger partial charge in [0.2, 0.25) is 0 Å². The summed E-state index contributed by atoms with van der Waals surface area (Å²) in [6, 6.07) is 7.81. The maximum Gasteiger partial charge on any atom is 0.115 e. The molecule has 1 aromatic heterocycles. The summed E-state index contributed by atoms with van der Waals surface area (Å²) >= 11 is 8.94. The molecule has 0 atom stereocenters. The number of hydrogen-bond donors (Lipinski definition) is 1. The summed E-state index contributed by atoms with van der Waals surface area (Å²) in [6.07, 6.45) is 3.69. The average Bonchev–Trinajstić information content (AvgIpc) is 2.77. The Kier molecular flexibility index (Phi) is 4.38. The lowest BCUT2D eigenvalue weighted by Gasteiger charge is -2.02. The first-order chi connectivity index (χ1) is 8.67. The number of rotatable bonds is 4. The number of benzene rings is 1. The molecule has 0 aliphatic rings. The Labute approximate surface area is 119 Å². The summed E-state index contributed by atoms with van der Waals surface area (Å²) in [7, 11) is 0. The molecule has 2 rings (SSSR count). The van der Waals surface area contributed by atoms with E-state index in [0.29, 0.717) is 5.84 Å². The van der Waals surface area contributed by atoms with Crippen molar-refractivity contribution in [1.29, 1.82) is 0 Å². The predicted molar refractivity (Wildman–Crippen MR) is 77.5 cm³/mol. The van der Waals surface area contributed by atoms with Crippen LogP contribution in [-0.2, 0) is 6.54 Å². The molecule has 94 valence electrons. The highest BCUT2D eigenvalue weighted by Gasteiger charge is 1.98. The normalized spacial score (nSPS) is 11.8. The first-order valence-electron chi connectivity index (χ1n) is 5.33. The molecule has 0 aliphatic carbocycles. The SMILES string of the molecule is NC(CCl)=Nc1ccc(Cn2cc(Br)cn2)cc1. The lowest BCUT2D eigenvalue weighted by molar-refractivity contribution is 0.686. The third-order valence-corrected chi connectivity index (χ3v) is 2.98. The lowest BCUT2D eigenvalue weighted by atomic mass is 10.2. The predicted octanol–water partition coefficient (Wildman–Crippen LogP) is 2.92. The number of hydrogen-bond acceptors (Lipinski definition) is 2. The van der Waals surface area contributed by atoms with Crippen LogP contribution in [-0.4, -0.2) is 21.5 Å². The van der Waals surface area contributed by atoms with Crippen molar-refractivity contribution < 1.29 is 0 Å². The topological polar surface area (TPSA) is 56.2 Å². The molecule has 1 heterocycles. The Bertz CT molecular complexity index is 547. The molecule has 0 bridgehead atoms. The van der Waals surface area contributed by atoms with Crippen molar-refractivity contribution in [2.45, 2.75) is 6.54 Å². The molecule has 0 aliphatic heterocycles. The molecule has 2 N–H and O–H groups in total. The standard InChI is InChI=1S/C12H12BrClN4/c13-10-6-16-18(8-10)7-9-1-3-11(4-2-9)17-12(15)5-14/h1-4,6,8H,5,7H2,(H2,15,17). The highest BCUT2D eigenvalue weighted by atomic mass is 79.9. The van der Waals surface area contributed by atoms with Crippen LogP contribution in [0.25, 0.3) is 0 Å². The molecule has 0 spiro atoms. The van der Waals surface area contributed by atoms with Crippen molar-refractivity contribution in [2.24, 2.45) is 10.7 Å². The van der Waals surface area contributed by atoms with Crippen LogP contribution in [0.1, 0.15) is 5.56 Å². The summed E-state index contributed by atoms with van der Waals surface area (Å²) in [5, 5.41) is 4.20. The van der Waals surface area contributed by atoms with Gasteiger partial charge in [-0.3, -0.25) is 4.68 Å². The Balaban J connectivity index is 2.08. The van der Waals surface area contributed by atoms with Gasteiger partial charge in [-0.1, -0.05) is 12.1 Å². The summed E-state index contributed by atoms with van der Waals surface area (Å²) in [5.41, 5.74) is 7.52. The maximum absolute atomic E-state index is 5.57. The first kappa shape index (κ1) is 13.1. The molecule has 0 radical (unpaired) electrons. The van der Waals surface area contributed by atoms with E-state index < -0.39 is 0 Å². The summed E-state index contributed by atoms with van der Waals surface area (Å²) in [6.45, 7) is 0.723. The largest absolute Gasteiger partial charge is 0.386 e. The molecular formula is C12H12BrClN4. The zero-order valence-electron chi connectivity index (χ0n) is 9.55. The van der Waals surface area contributed by atoms with Crippen molar-refractivity contribution in [1.82, 2.24) is 9.78 Å². The fourth-order valence-electron chi connectivity index (χ4n) is 1.48. The van der Waals surface area contributed by atoms with Crippen molar-refractivity contribution in [2.75, 3.05) is 5.88 Å². The van der Waals surface area contributed by atoms with Gasteiger partial charge in [0, 0.05) is 6.20 Å². The Morgan fingerprint density at radius 2 is 2.11 bits per heavy atom. The van der Waals surface area contributed by atoms with Gasteiger partial charge in [-0.15, -0.1) is 11.6 Å². The van der Waals surface area contributed by atoms with Gasteiger partial charge in [0.05, 0.1) is 28.8 Å². The van der Waals surface area contributed by atoms with Gasteiger partial charge in [0.15, 0.2) is 0 Å². The van der Waals surface area contributed by atoms with Gasteiger partial charge >= 0.3 is 0 Å². The van der Waals surface area contributed by atoms with Crippen molar-refractivity contribution in [3.8, 4) is 0 Å². The van der Waals surface area contributed by atoms with Gasteiger partial charge in [0.1, 0.15) is 5.84 Å². The van der Waals surface area contributed by atoms with Gasteiger partial charge in [-0.2, -0.15) is 5.10 Å². The molecule has 2 aromatic rings. The molecule has 0 saturated heterocycles. The van der Waals surface area contributed by atoms with Crippen LogP contribution >= 0.6 is 27.5 Å². The third-order valence-electron chi connectivity index (χ3n) is 2.29. The molecule has 0 unspecified atom stereocenters. The fourth-order valence-corrected chi connectivity index (χ4v) is 1.87. The Morgan fingerprint density at radius 3 is 2.67 bits per heavy atom. The minimum Gasteiger partial charge on any atom is -0.386 e. The average molecular weight is 328 g/mol. The van der Waals surface area contributed by atoms with Crippen LogP contribution in [0.4, 0.5) is 5.69 Å². The number of nitrogens with zero attached hydrogens (tertiary/aromatic N) is 3. The van der Waals surface area contributed by atoms with E-state index in [9.17, 15) is 0 Å². The quantitative estimate of drug-likeness (QED) is 0.533. The fraction of sp³-hybridized carbons (Fsp3) is 0.167. The van der Waals surface area contributed by atoms with Gasteiger partial charge in [-0.05, 0) is 33.6 Å². The van der Waals surface area contributed by atoms with Crippen LogP contribution in [0, 0.1) is 0 Å². The van der Waals surface area contributed by atoms with E-state index in [0.717, 1.165) is 22.3 Å². The van der Waals surface area contributed by atoms with Gasteiger partial charge in [0.25, 0.3) is 0 Å². The summed E-state index contributed by atoms with van der Waals surface area (Å²) < 4.78 is 2.83. The number of amidine groups is 1. The number of alkyl halides is 1. The molecule has 0 fully saturated rings. The van der Waals surface area contributed by atoms with Crippen LogP contribution in [0.15, 0.2) is 46.1 Å². The second-order valence-corrected chi connectivity index (χ2v) is 4.94. The number of nitrogens with two attached hydrogens (primary N) is 1. The van der Waals surface area contributed by atoms with E-state index >= 15 is 0 Å². The summed E-state index contributed by atoms with van der Waals surface area (Å²) in [5.74, 6) is 0.656. The second-order valence-electron chi connectivity index (χ2n) is 3.76. The molecule has 1 aromatic carbocycles. The van der Waals surface area contributed by atoms with Crippen molar-refractivity contribution in [3.05, 3.63) is 46.7 Å². The van der Waals surface area contributed by atoms with Crippen LogP contribution in [0.5, 0.6) is 0 Å². The molecule has 0 saturated carbocycles. The van der Waals surface area contributed by atoms with E-state index in [-0.39, 0.29) is 5.88 Å². The minimum atomic E-state index is 0.239. The first-order valence-corrected chi connectivity index (χ1v) is 6.66. The monoisotopic (exact) mass is 326 g/mol. The molecule has 0 amide bonds. The third kappa shape index (κ3) is 3.58. The van der Waals surface area contributed by atoms with Crippen molar-refractivity contribution in [3.63, 3.8) is 0 Å². The van der Waals surface area contributed by atoms with E-state index in [1.165, 1.54) is 0 Å². The van der Waals surface area contributed by atoms with Gasteiger partial charge in [-0.25, -0.2) is 4.99 Å². The van der Waals surface area contributed by atoms with E-state index in [1.54, 1.807) is 6.20 Å². The van der Waals surface area contributed by atoms with Crippen molar-refractivity contribution >= 4 is 39.1 Å². The Morgan fingerprint density at radius 1 is 1.39 bits per heavy atom. The highest BCUT2D eigenvalue weighted by Crippen LogP contribution is 2.14. The van der Waals surface area contributed by atoms with Crippen LogP contribution in [0.3, 0.4) is 0 Å². The van der Waals surface area contributed by atoms with Crippen LogP contribution in [0.2, 0.25) is 0 Å². The smallest absolute Gasteiger partial charge is 0.115 e.